The third-order valence-corrected chi connectivity index (χ3v) is 4.40. The van der Waals surface area contributed by atoms with E-state index in [4.69, 9.17) is 14.0 Å². The Morgan fingerprint density at radius 1 is 1.14 bits per heavy atom. The topological polar surface area (TPSA) is 77.7 Å². The number of rotatable bonds is 8. The van der Waals surface area contributed by atoms with Crippen LogP contribution in [0, 0.1) is 5.82 Å². The van der Waals surface area contributed by atoms with Gasteiger partial charge in [0.25, 0.3) is 0 Å². The van der Waals surface area contributed by atoms with Crippen LogP contribution in [0.5, 0.6) is 11.5 Å². The summed E-state index contributed by atoms with van der Waals surface area (Å²) < 4.78 is 29.0. The van der Waals surface area contributed by atoms with Crippen molar-refractivity contribution in [2.24, 2.45) is 0 Å². The van der Waals surface area contributed by atoms with Crippen LogP contribution in [0.15, 0.2) is 47.0 Å². The molecule has 0 spiro atoms. The van der Waals surface area contributed by atoms with Crippen molar-refractivity contribution in [2.75, 3.05) is 21.3 Å². The molecule has 0 N–H and O–H groups in total. The highest BCUT2D eigenvalue weighted by molar-refractivity contribution is 5.76. The number of hydrogen-bond acceptors (Lipinski definition) is 6. The van der Waals surface area contributed by atoms with E-state index in [2.05, 4.69) is 10.1 Å². The number of halogens is 1. The number of amides is 1. The third kappa shape index (κ3) is 5.10. The lowest BCUT2D eigenvalue weighted by molar-refractivity contribution is -0.130. The molecule has 0 unspecified atom stereocenters. The van der Waals surface area contributed by atoms with Crippen LogP contribution in [0.25, 0.3) is 11.4 Å². The van der Waals surface area contributed by atoms with E-state index in [-0.39, 0.29) is 18.1 Å². The molecule has 29 heavy (non-hydrogen) atoms. The second-order valence-corrected chi connectivity index (χ2v) is 6.46. The zero-order valence-electron chi connectivity index (χ0n) is 16.5. The van der Waals surface area contributed by atoms with Crippen molar-refractivity contribution in [3.63, 3.8) is 0 Å². The fourth-order valence-corrected chi connectivity index (χ4v) is 2.85. The predicted molar refractivity (Wildman–Crippen MR) is 104 cm³/mol. The van der Waals surface area contributed by atoms with Crippen molar-refractivity contribution in [1.82, 2.24) is 15.0 Å². The first kappa shape index (κ1) is 20.3. The van der Waals surface area contributed by atoms with Crippen molar-refractivity contribution in [2.45, 2.75) is 19.4 Å². The van der Waals surface area contributed by atoms with Gasteiger partial charge < -0.3 is 18.9 Å². The van der Waals surface area contributed by atoms with Gasteiger partial charge in [0.1, 0.15) is 5.82 Å². The summed E-state index contributed by atoms with van der Waals surface area (Å²) in [5.41, 5.74) is 1.45. The van der Waals surface area contributed by atoms with Crippen LogP contribution in [-0.4, -0.2) is 42.2 Å². The molecule has 0 fully saturated rings. The Balaban J connectivity index is 1.59. The summed E-state index contributed by atoms with van der Waals surface area (Å²) in [6.45, 7) is 0.331. The molecule has 3 aromatic rings. The molecule has 0 aliphatic carbocycles. The Morgan fingerprint density at radius 2 is 1.93 bits per heavy atom. The lowest BCUT2D eigenvalue weighted by Gasteiger charge is -2.16. The molecule has 7 nitrogen and oxygen atoms in total. The Morgan fingerprint density at radius 3 is 2.66 bits per heavy atom. The van der Waals surface area contributed by atoms with E-state index >= 15 is 0 Å². The first-order valence-corrected chi connectivity index (χ1v) is 9.03. The monoisotopic (exact) mass is 399 g/mol. The summed E-state index contributed by atoms with van der Waals surface area (Å²) in [4.78, 5) is 18.2. The number of carbonyl (C=O) groups is 1. The normalized spacial score (nSPS) is 10.6. The van der Waals surface area contributed by atoms with Crippen molar-refractivity contribution in [3.05, 3.63) is 59.7 Å². The molecule has 3 rings (SSSR count). The minimum Gasteiger partial charge on any atom is -0.493 e. The van der Waals surface area contributed by atoms with E-state index in [0.717, 1.165) is 5.56 Å². The first-order valence-electron chi connectivity index (χ1n) is 9.03. The highest BCUT2D eigenvalue weighted by atomic mass is 19.1. The first-order chi connectivity index (χ1) is 14.0. The number of benzene rings is 2. The van der Waals surface area contributed by atoms with E-state index in [1.807, 2.05) is 0 Å². The molecule has 152 valence electrons. The Labute approximate surface area is 168 Å². The number of aromatic nitrogens is 2. The minimum absolute atomic E-state index is 0.0971. The summed E-state index contributed by atoms with van der Waals surface area (Å²) in [7, 11) is 4.79. The number of methoxy groups -OCH3 is 2. The fraction of sp³-hybridized carbons (Fsp3) is 0.286. The number of hydrogen-bond donors (Lipinski definition) is 0. The average Bonchev–Trinajstić information content (AvgIpc) is 3.20. The van der Waals surface area contributed by atoms with Gasteiger partial charge in [-0.25, -0.2) is 4.39 Å². The molecule has 1 aromatic heterocycles. The lowest BCUT2D eigenvalue weighted by Crippen LogP contribution is -2.26. The molecule has 1 amide bonds. The second-order valence-electron chi connectivity index (χ2n) is 6.46. The smallest absolute Gasteiger partial charge is 0.227 e. The Bertz CT molecular complexity index is 990. The van der Waals surface area contributed by atoms with Gasteiger partial charge >= 0.3 is 0 Å². The standard InChI is InChI=1S/C21H22FN3O4/c1-25(13-14-5-4-6-16(22)11-14)20(26)10-9-19-23-21(24-29-19)15-7-8-17(27-2)18(12-15)28-3/h4-8,11-12H,9-10,13H2,1-3H3. The lowest BCUT2D eigenvalue weighted by atomic mass is 10.2. The van der Waals surface area contributed by atoms with E-state index in [1.54, 1.807) is 56.5 Å². The van der Waals surface area contributed by atoms with Crippen LogP contribution in [0.3, 0.4) is 0 Å². The van der Waals surface area contributed by atoms with Crippen molar-refractivity contribution in [1.29, 1.82) is 0 Å². The van der Waals surface area contributed by atoms with Crippen LogP contribution in [0.2, 0.25) is 0 Å². The third-order valence-electron chi connectivity index (χ3n) is 4.40. The molecule has 0 aliphatic rings. The van der Waals surface area contributed by atoms with E-state index in [9.17, 15) is 9.18 Å². The van der Waals surface area contributed by atoms with Gasteiger partial charge in [0, 0.05) is 32.0 Å². The maximum atomic E-state index is 13.3. The van der Waals surface area contributed by atoms with E-state index < -0.39 is 0 Å². The van der Waals surface area contributed by atoms with Crippen molar-refractivity contribution >= 4 is 5.91 Å². The highest BCUT2D eigenvalue weighted by Crippen LogP contribution is 2.31. The van der Waals surface area contributed by atoms with Crippen molar-refractivity contribution in [3.8, 4) is 22.9 Å². The van der Waals surface area contributed by atoms with E-state index in [0.29, 0.717) is 41.7 Å². The summed E-state index contributed by atoms with van der Waals surface area (Å²) in [6.07, 6.45) is 0.520. The zero-order chi connectivity index (χ0) is 20.8. The summed E-state index contributed by atoms with van der Waals surface area (Å²) in [5, 5.41) is 3.97. The van der Waals surface area contributed by atoms with Crippen molar-refractivity contribution < 1.29 is 23.2 Å². The molecule has 0 saturated heterocycles. The molecule has 2 aromatic carbocycles. The van der Waals surface area contributed by atoms with Gasteiger partial charge in [-0.05, 0) is 35.9 Å². The zero-order valence-corrected chi connectivity index (χ0v) is 16.5. The number of nitrogens with zero attached hydrogens (tertiary/aromatic N) is 3. The number of aryl methyl sites for hydroxylation is 1. The van der Waals surface area contributed by atoms with Crippen LogP contribution < -0.4 is 9.47 Å². The van der Waals surface area contributed by atoms with Crippen LogP contribution >= 0.6 is 0 Å². The van der Waals surface area contributed by atoms with Gasteiger partial charge in [-0.2, -0.15) is 4.98 Å². The quantitative estimate of drug-likeness (QED) is 0.577. The maximum absolute atomic E-state index is 13.3. The van der Waals surface area contributed by atoms with Gasteiger partial charge in [0.15, 0.2) is 11.5 Å². The Kier molecular flexibility index (Phi) is 6.43. The van der Waals surface area contributed by atoms with Gasteiger partial charge in [0.2, 0.25) is 17.6 Å². The van der Waals surface area contributed by atoms with Crippen LogP contribution in [0.1, 0.15) is 17.9 Å². The van der Waals surface area contributed by atoms with Gasteiger partial charge in [-0.3, -0.25) is 4.79 Å². The van der Waals surface area contributed by atoms with Crippen LogP contribution in [0.4, 0.5) is 4.39 Å². The van der Waals surface area contributed by atoms with E-state index in [1.165, 1.54) is 12.1 Å². The second kappa shape index (κ2) is 9.18. The van der Waals surface area contributed by atoms with Gasteiger partial charge in [0.05, 0.1) is 14.2 Å². The molecule has 0 atom stereocenters. The van der Waals surface area contributed by atoms with Gasteiger partial charge in [-0.15, -0.1) is 0 Å². The SMILES string of the molecule is COc1ccc(-c2noc(CCC(=O)N(C)Cc3cccc(F)c3)n2)cc1OC. The highest BCUT2D eigenvalue weighted by Gasteiger charge is 2.15. The predicted octanol–water partition coefficient (Wildman–Crippen LogP) is 3.48. The average molecular weight is 399 g/mol. The minimum atomic E-state index is -0.322. The molecule has 8 heteroatoms. The van der Waals surface area contributed by atoms with Crippen LogP contribution in [-0.2, 0) is 17.8 Å². The summed E-state index contributed by atoms with van der Waals surface area (Å²) in [6, 6.07) is 11.5. The maximum Gasteiger partial charge on any atom is 0.227 e. The largest absolute Gasteiger partial charge is 0.493 e. The summed E-state index contributed by atoms with van der Waals surface area (Å²) >= 11 is 0. The molecule has 0 aliphatic heterocycles. The fourth-order valence-electron chi connectivity index (χ4n) is 2.85. The molecule has 0 saturated carbocycles. The molecular weight excluding hydrogens is 377 g/mol. The van der Waals surface area contributed by atoms with Gasteiger partial charge in [-0.1, -0.05) is 17.3 Å². The Hall–Kier alpha value is -3.42. The summed E-state index contributed by atoms with van der Waals surface area (Å²) in [5.74, 6) is 1.51. The molecule has 0 bridgehead atoms. The molecular formula is C21H22FN3O4. The number of ether oxygens (including phenoxy) is 2. The number of carbonyl (C=O) groups excluding carboxylic acids is 1. The molecule has 0 radical (unpaired) electrons. The molecule has 1 heterocycles.